The van der Waals surface area contributed by atoms with Crippen molar-refractivity contribution in [1.82, 2.24) is 20.4 Å². The molecule has 1 aromatic heterocycles. The second-order valence-electron chi connectivity index (χ2n) is 7.04. The monoisotopic (exact) mass is 402 g/mol. The van der Waals surface area contributed by atoms with Crippen LogP contribution in [0.5, 0.6) is 11.5 Å². The van der Waals surface area contributed by atoms with Crippen molar-refractivity contribution in [2.45, 2.75) is 6.10 Å². The molecule has 2 aromatic rings. The van der Waals surface area contributed by atoms with Crippen LogP contribution < -0.4 is 24.6 Å². The average Bonchev–Trinajstić information content (AvgIpc) is 3.37. The fraction of sp³-hybridized carbons (Fsp3) is 0.500. The second-order valence-corrected chi connectivity index (χ2v) is 7.97. The predicted octanol–water partition coefficient (Wildman–Crippen LogP) is 1.03. The zero-order chi connectivity index (χ0) is 18.9. The number of piperazine rings is 1. The van der Waals surface area contributed by atoms with Gasteiger partial charge in [-0.25, -0.2) is 4.79 Å². The fourth-order valence-corrected chi connectivity index (χ4v) is 4.58. The first kappa shape index (κ1) is 17.5. The van der Waals surface area contributed by atoms with Crippen molar-refractivity contribution in [3.63, 3.8) is 0 Å². The van der Waals surface area contributed by atoms with E-state index in [2.05, 4.69) is 25.3 Å². The predicted molar refractivity (Wildman–Crippen MR) is 106 cm³/mol. The van der Waals surface area contributed by atoms with E-state index in [-0.39, 0.29) is 12.1 Å². The van der Waals surface area contributed by atoms with Crippen molar-refractivity contribution < 1.29 is 14.3 Å². The summed E-state index contributed by atoms with van der Waals surface area (Å²) in [6.07, 6.45) is 0.0447. The van der Waals surface area contributed by atoms with Gasteiger partial charge in [0.2, 0.25) is 10.3 Å². The van der Waals surface area contributed by atoms with Crippen molar-refractivity contribution >= 4 is 27.6 Å². The maximum Gasteiger partial charge on any atom is 0.323 e. The number of amides is 2. The maximum atomic E-state index is 11.8. The summed E-state index contributed by atoms with van der Waals surface area (Å²) in [5.74, 6) is 1.65. The van der Waals surface area contributed by atoms with Gasteiger partial charge in [-0.1, -0.05) is 23.5 Å². The number of fused-ring (bicyclic) bond motifs is 1. The topological polar surface area (TPSA) is 83.1 Å². The molecule has 9 nitrogen and oxygen atoms in total. The summed E-state index contributed by atoms with van der Waals surface area (Å²) < 4.78 is 11.9. The zero-order valence-electron chi connectivity index (χ0n) is 15.4. The van der Waals surface area contributed by atoms with Gasteiger partial charge in [0.25, 0.3) is 0 Å². The maximum absolute atomic E-state index is 11.8. The van der Waals surface area contributed by atoms with Crippen LogP contribution in [0.4, 0.5) is 15.1 Å². The first-order valence-electron chi connectivity index (χ1n) is 9.51. The highest BCUT2D eigenvalue weighted by atomic mass is 32.1. The lowest BCUT2D eigenvalue weighted by Gasteiger charge is -2.37. The van der Waals surface area contributed by atoms with Crippen LogP contribution in [-0.4, -0.2) is 79.7 Å². The Balaban J connectivity index is 1.14. The van der Waals surface area contributed by atoms with E-state index in [4.69, 9.17) is 9.47 Å². The minimum Gasteiger partial charge on any atom is -0.486 e. The van der Waals surface area contributed by atoms with Crippen molar-refractivity contribution in [3.8, 4) is 11.5 Å². The molecule has 2 saturated heterocycles. The first-order chi connectivity index (χ1) is 13.8. The number of rotatable bonds is 4. The molecule has 0 saturated carbocycles. The van der Waals surface area contributed by atoms with E-state index in [0.29, 0.717) is 24.8 Å². The number of hydrogen-bond acceptors (Lipinski definition) is 8. The molecule has 3 aliphatic heterocycles. The third-order valence-electron chi connectivity index (χ3n) is 5.16. The molecule has 4 heterocycles. The lowest BCUT2D eigenvalue weighted by Crippen LogP contribution is -2.50. The van der Waals surface area contributed by atoms with Crippen molar-refractivity contribution in [2.24, 2.45) is 0 Å². The molecule has 28 heavy (non-hydrogen) atoms. The SMILES string of the molecule is O=C1NCCN1c1nnc(N2CCN(CC3COc4ccccc4O3)CC2)s1. The van der Waals surface area contributed by atoms with Crippen LogP contribution in [0.25, 0.3) is 0 Å². The van der Waals surface area contributed by atoms with Crippen LogP contribution in [0.3, 0.4) is 0 Å². The average molecular weight is 402 g/mol. The van der Waals surface area contributed by atoms with E-state index in [9.17, 15) is 4.79 Å². The molecule has 0 spiro atoms. The quantitative estimate of drug-likeness (QED) is 0.818. The highest BCUT2D eigenvalue weighted by Gasteiger charge is 2.28. The third-order valence-corrected chi connectivity index (χ3v) is 6.17. The Morgan fingerprint density at radius 2 is 1.86 bits per heavy atom. The number of ether oxygens (including phenoxy) is 2. The minimum atomic E-state index is -0.0937. The van der Waals surface area contributed by atoms with Crippen LogP contribution in [-0.2, 0) is 0 Å². The summed E-state index contributed by atoms with van der Waals surface area (Å²) in [7, 11) is 0. The number of nitrogens with zero attached hydrogens (tertiary/aromatic N) is 5. The van der Waals surface area contributed by atoms with Gasteiger partial charge in [-0.15, -0.1) is 10.2 Å². The number of nitrogens with one attached hydrogen (secondary N) is 1. The van der Waals surface area contributed by atoms with E-state index < -0.39 is 0 Å². The Morgan fingerprint density at radius 1 is 1.07 bits per heavy atom. The molecule has 0 aliphatic carbocycles. The smallest absolute Gasteiger partial charge is 0.323 e. The standard InChI is InChI=1S/C18H22N6O3S/c25-16-19-5-6-24(16)18-21-20-17(28-18)23-9-7-22(8-10-23)11-13-12-26-14-3-1-2-4-15(14)27-13/h1-4,13H,5-12H2,(H,19,25). The van der Waals surface area contributed by atoms with Gasteiger partial charge >= 0.3 is 6.03 Å². The van der Waals surface area contributed by atoms with Gasteiger partial charge in [0.05, 0.1) is 0 Å². The number of carbonyl (C=O) groups is 1. The summed E-state index contributed by atoms with van der Waals surface area (Å²) in [5, 5.41) is 12.8. The Hall–Kier alpha value is -2.59. The molecule has 148 valence electrons. The molecule has 2 amide bonds. The summed E-state index contributed by atoms with van der Waals surface area (Å²) in [4.78, 5) is 18.1. The fourth-order valence-electron chi connectivity index (χ4n) is 3.66. The summed E-state index contributed by atoms with van der Waals surface area (Å²) >= 11 is 1.48. The molecular weight excluding hydrogens is 380 g/mol. The van der Waals surface area contributed by atoms with Gasteiger partial charge in [0, 0.05) is 45.8 Å². The normalized spacial score (nSPS) is 22.4. The largest absolute Gasteiger partial charge is 0.486 e. The number of benzene rings is 1. The molecule has 10 heteroatoms. The zero-order valence-corrected chi connectivity index (χ0v) is 16.2. The van der Waals surface area contributed by atoms with E-state index in [0.717, 1.165) is 49.4 Å². The Labute approximate surface area is 166 Å². The highest BCUT2D eigenvalue weighted by Crippen LogP contribution is 2.31. The number of carbonyl (C=O) groups excluding carboxylic acids is 1. The van der Waals surface area contributed by atoms with Crippen molar-refractivity contribution in [2.75, 3.05) is 62.2 Å². The van der Waals surface area contributed by atoms with Crippen LogP contribution in [0.2, 0.25) is 0 Å². The number of anilines is 2. The van der Waals surface area contributed by atoms with Gasteiger partial charge in [0.15, 0.2) is 11.5 Å². The van der Waals surface area contributed by atoms with E-state index in [1.807, 2.05) is 24.3 Å². The molecule has 2 fully saturated rings. The van der Waals surface area contributed by atoms with Gasteiger partial charge in [0.1, 0.15) is 12.7 Å². The molecule has 1 unspecified atom stereocenters. The summed E-state index contributed by atoms with van der Waals surface area (Å²) in [6, 6.07) is 7.71. The second kappa shape index (κ2) is 7.44. The molecule has 0 radical (unpaired) electrons. The Bertz CT molecular complexity index is 853. The molecule has 5 rings (SSSR count). The number of hydrogen-bond donors (Lipinski definition) is 1. The van der Waals surface area contributed by atoms with Crippen molar-refractivity contribution in [1.29, 1.82) is 0 Å². The number of para-hydroxylation sites is 2. The molecule has 1 N–H and O–H groups in total. The Kier molecular flexibility index (Phi) is 4.65. The number of urea groups is 1. The van der Waals surface area contributed by atoms with Crippen LogP contribution >= 0.6 is 11.3 Å². The van der Waals surface area contributed by atoms with Gasteiger partial charge < -0.3 is 19.7 Å². The molecule has 1 atom stereocenters. The van der Waals surface area contributed by atoms with Crippen LogP contribution in [0.15, 0.2) is 24.3 Å². The molecule has 1 aromatic carbocycles. The molecule has 3 aliphatic rings. The van der Waals surface area contributed by atoms with E-state index in [1.165, 1.54) is 11.3 Å². The molecule has 0 bridgehead atoms. The highest BCUT2D eigenvalue weighted by molar-refractivity contribution is 7.19. The lowest BCUT2D eigenvalue weighted by atomic mass is 10.2. The summed E-state index contributed by atoms with van der Waals surface area (Å²) in [5.41, 5.74) is 0. The summed E-state index contributed by atoms with van der Waals surface area (Å²) in [6.45, 7) is 6.35. The van der Waals surface area contributed by atoms with E-state index >= 15 is 0 Å². The third kappa shape index (κ3) is 3.45. The minimum absolute atomic E-state index is 0.0447. The van der Waals surface area contributed by atoms with Crippen LogP contribution in [0.1, 0.15) is 0 Å². The Morgan fingerprint density at radius 3 is 2.64 bits per heavy atom. The van der Waals surface area contributed by atoms with Gasteiger partial charge in [-0.05, 0) is 12.1 Å². The number of aromatic nitrogens is 2. The van der Waals surface area contributed by atoms with Gasteiger partial charge in [-0.2, -0.15) is 0 Å². The van der Waals surface area contributed by atoms with Crippen molar-refractivity contribution in [3.05, 3.63) is 24.3 Å². The molecular formula is C18H22N6O3S. The van der Waals surface area contributed by atoms with Gasteiger partial charge in [-0.3, -0.25) is 9.80 Å². The first-order valence-corrected chi connectivity index (χ1v) is 10.3. The van der Waals surface area contributed by atoms with Crippen LogP contribution in [0, 0.1) is 0 Å². The van der Waals surface area contributed by atoms with E-state index in [1.54, 1.807) is 4.90 Å². The lowest BCUT2D eigenvalue weighted by molar-refractivity contribution is 0.0571.